The lowest BCUT2D eigenvalue weighted by atomic mass is 10.4. The van der Waals surface area contributed by atoms with E-state index in [2.05, 4.69) is 16.1 Å². The zero-order valence-corrected chi connectivity index (χ0v) is 7.91. The van der Waals surface area contributed by atoms with Gasteiger partial charge in [0, 0.05) is 5.57 Å². The van der Waals surface area contributed by atoms with E-state index in [0.29, 0.717) is 0 Å². The van der Waals surface area contributed by atoms with Gasteiger partial charge in [0.1, 0.15) is 19.6 Å². The van der Waals surface area contributed by atoms with Crippen molar-refractivity contribution in [2.75, 3.05) is 13.2 Å². The van der Waals surface area contributed by atoms with E-state index in [4.69, 9.17) is 5.26 Å². The van der Waals surface area contributed by atoms with E-state index in [1.54, 1.807) is 6.07 Å². The third-order valence-electron chi connectivity index (χ3n) is 1.15. The maximum Gasteiger partial charge on any atom is 0.333 e. The minimum atomic E-state index is -0.626. The molecule has 0 bridgehead atoms. The van der Waals surface area contributed by atoms with Crippen LogP contribution in [0.25, 0.3) is 0 Å². The molecule has 0 aliphatic carbocycles. The van der Waals surface area contributed by atoms with Crippen LogP contribution in [0.3, 0.4) is 0 Å². The number of hydrogen-bond acceptors (Lipinski definition) is 5. The van der Waals surface area contributed by atoms with Crippen molar-refractivity contribution in [3.8, 4) is 6.07 Å². The molecule has 0 saturated carbocycles. The van der Waals surface area contributed by atoms with E-state index in [1.807, 2.05) is 0 Å². The molecule has 5 heteroatoms. The molecule has 0 saturated heterocycles. The van der Waals surface area contributed by atoms with Crippen molar-refractivity contribution in [3.63, 3.8) is 0 Å². The Hall–Kier alpha value is -1.83. The first-order valence-corrected chi connectivity index (χ1v) is 3.93. The standard InChI is InChI=1S/C9H11NO4/c1-7(2)9(12)14-6-5-13-8(11)3-4-10/h1,3,5-6H2,2H3. The highest BCUT2D eigenvalue weighted by molar-refractivity contribution is 5.86. The number of hydrogen-bond donors (Lipinski definition) is 0. The van der Waals surface area contributed by atoms with Gasteiger partial charge in [-0.05, 0) is 6.92 Å². The van der Waals surface area contributed by atoms with Gasteiger partial charge in [-0.15, -0.1) is 0 Å². The van der Waals surface area contributed by atoms with E-state index < -0.39 is 11.9 Å². The average Bonchev–Trinajstić information content (AvgIpc) is 2.12. The first-order valence-electron chi connectivity index (χ1n) is 3.93. The maximum atomic E-state index is 10.8. The molecular weight excluding hydrogens is 186 g/mol. The lowest BCUT2D eigenvalue weighted by Crippen LogP contribution is -2.13. The van der Waals surface area contributed by atoms with Crippen molar-refractivity contribution in [1.82, 2.24) is 0 Å². The third-order valence-corrected chi connectivity index (χ3v) is 1.15. The molecule has 0 aromatic rings. The molecule has 0 aliphatic rings. The Labute approximate surface area is 81.9 Å². The van der Waals surface area contributed by atoms with Crippen LogP contribution in [0, 0.1) is 11.3 Å². The number of ether oxygens (including phenoxy) is 2. The van der Waals surface area contributed by atoms with Gasteiger partial charge >= 0.3 is 11.9 Å². The van der Waals surface area contributed by atoms with Crippen LogP contribution >= 0.6 is 0 Å². The zero-order chi connectivity index (χ0) is 11.0. The lowest BCUT2D eigenvalue weighted by Gasteiger charge is -2.04. The summed E-state index contributed by atoms with van der Waals surface area (Å²) in [7, 11) is 0. The molecule has 0 atom stereocenters. The molecule has 14 heavy (non-hydrogen) atoms. The smallest absolute Gasteiger partial charge is 0.333 e. The van der Waals surface area contributed by atoms with Crippen LogP contribution in [0.15, 0.2) is 12.2 Å². The Bertz CT molecular complexity index is 277. The van der Waals surface area contributed by atoms with E-state index in [0.717, 1.165) is 0 Å². The fourth-order valence-electron chi connectivity index (χ4n) is 0.529. The van der Waals surface area contributed by atoms with Gasteiger partial charge in [0.05, 0.1) is 6.07 Å². The van der Waals surface area contributed by atoms with Crippen molar-refractivity contribution in [1.29, 1.82) is 5.26 Å². The molecule has 76 valence electrons. The van der Waals surface area contributed by atoms with Crippen molar-refractivity contribution < 1.29 is 19.1 Å². The Morgan fingerprint density at radius 1 is 1.36 bits per heavy atom. The summed E-state index contributed by atoms with van der Waals surface area (Å²) < 4.78 is 9.18. The van der Waals surface area contributed by atoms with Crippen molar-refractivity contribution in [2.24, 2.45) is 0 Å². The molecule has 0 spiro atoms. The van der Waals surface area contributed by atoms with Gasteiger partial charge in [0.2, 0.25) is 0 Å². The van der Waals surface area contributed by atoms with Crippen LogP contribution in [-0.4, -0.2) is 25.2 Å². The van der Waals surface area contributed by atoms with E-state index >= 15 is 0 Å². The van der Waals surface area contributed by atoms with Gasteiger partial charge in [-0.3, -0.25) is 4.79 Å². The van der Waals surface area contributed by atoms with E-state index in [-0.39, 0.29) is 25.2 Å². The fourth-order valence-corrected chi connectivity index (χ4v) is 0.529. The topological polar surface area (TPSA) is 76.4 Å². The Morgan fingerprint density at radius 2 is 1.93 bits per heavy atom. The molecule has 0 unspecified atom stereocenters. The second-order valence-corrected chi connectivity index (χ2v) is 2.47. The van der Waals surface area contributed by atoms with Gasteiger partial charge < -0.3 is 9.47 Å². The summed E-state index contributed by atoms with van der Waals surface area (Å²) in [4.78, 5) is 21.4. The molecule has 0 aromatic carbocycles. The first-order chi connectivity index (χ1) is 6.57. The summed E-state index contributed by atoms with van der Waals surface area (Å²) in [6.07, 6.45) is -0.297. The van der Waals surface area contributed by atoms with Crippen LogP contribution in [0.1, 0.15) is 13.3 Å². The van der Waals surface area contributed by atoms with E-state index in [9.17, 15) is 9.59 Å². The highest BCUT2D eigenvalue weighted by atomic mass is 16.6. The largest absolute Gasteiger partial charge is 0.461 e. The normalized spacial score (nSPS) is 8.57. The second kappa shape index (κ2) is 6.66. The summed E-state index contributed by atoms with van der Waals surface area (Å²) in [6, 6.07) is 1.64. The number of nitriles is 1. The Kier molecular flexibility index (Phi) is 5.79. The highest BCUT2D eigenvalue weighted by Gasteiger charge is 2.04. The van der Waals surface area contributed by atoms with Crippen LogP contribution < -0.4 is 0 Å². The predicted molar refractivity (Wildman–Crippen MR) is 47.0 cm³/mol. The number of carbonyl (C=O) groups is 2. The third kappa shape index (κ3) is 5.77. The van der Waals surface area contributed by atoms with Gasteiger partial charge in [-0.25, -0.2) is 4.79 Å². The van der Waals surface area contributed by atoms with Gasteiger partial charge in [0.25, 0.3) is 0 Å². The summed E-state index contributed by atoms with van der Waals surface area (Å²) >= 11 is 0. The van der Waals surface area contributed by atoms with Crippen LogP contribution in [0.2, 0.25) is 0 Å². The minimum absolute atomic E-state index is 0.0249. The van der Waals surface area contributed by atoms with Crippen LogP contribution in [0.4, 0.5) is 0 Å². The van der Waals surface area contributed by atoms with Gasteiger partial charge in [0.15, 0.2) is 0 Å². The fraction of sp³-hybridized carbons (Fsp3) is 0.444. The summed E-state index contributed by atoms with van der Waals surface area (Å²) in [5, 5.41) is 8.11. The predicted octanol–water partition coefficient (Wildman–Crippen LogP) is 0.563. The number of nitrogens with zero attached hydrogens (tertiary/aromatic N) is 1. The SMILES string of the molecule is C=C(C)C(=O)OCCOC(=O)CC#N. The van der Waals surface area contributed by atoms with Crippen LogP contribution in [-0.2, 0) is 19.1 Å². The molecule has 0 aliphatic heterocycles. The van der Waals surface area contributed by atoms with Gasteiger partial charge in [-0.2, -0.15) is 5.26 Å². The molecule has 0 amide bonds. The number of rotatable bonds is 5. The number of esters is 2. The molecular formula is C9H11NO4. The molecule has 5 nitrogen and oxygen atoms in total. The average molecular weight is 197 g/mol. The van der Waals surface area contributed by atoms with Crippen molar-refractivity contribution >= 4 is 11.9 Å². The monoisotopic (exact) mass is 197 g/mol. The van der Waals surface area contributed by atoms with Crippen LogP contribution in [0.5, 0.6) is 0 Å². The van der Waals surface area contributed by atoms with E-state index in [1.165, 1.54) is 6.92 Å². The Morgan fingerprint density at radius 3 is 2.43 bits per heavy atom. The minimum Gasteiger partial charge on any atom is -0.461 e. The molecule has 0 rings (SSSR count). The molecule has 0 aromatic heterocycles. The maximum absolute atomic E-state index is 10.8. The summed E-state index contributed by atoms with van der Waals surface area (Å²) in [5.41, 5.74) is 0.286. The lowest BCUT2D eigenvalue weighted by molar-refractivity contribution is -0.149. The number of carbonyl (C=O) groups excluding carboxylic acids is 2. The summed E-state index contributed by atoms with van der Waals surface area (Å²) in [6.45, 7) is 4.82. The molecule has 0 N–H and O–H groups in total. The Balaban J connectivity index is 3.48. The molecule has 0 heterocycles. The highest BCUT2D eigenvalue weighted by Crippen LogP contribution is 1.92. The second-order valence-electron chi connectivity index (χ2n) is 2.47. The van der Waals surface area contributed by atoms with Crippen molar-refractivity contribution in [2.45, 2.75) is 13.3 Å². The van der Waals surface area contributed by atoms with Gasteiger partial charge in [-0.1, -0.05) is 6.58 Å². The zero-order valence-electron chi connectivity index (χ0n) is 7.91. The summed E-state index contributed by atoms with van der Waals surface area (Å²) in [5.74, 6) is -1.15. The molecule has 0 radical (unpaired) electrons. The van der Waals surface area contributed by atoms with Crippen molar-refractivity contribution in [3.05, 3.63) is 12.2 Å². The quantitative estimate of drug-likeness (QED) is 0.365. The molecule has 0 fully saturated rings. The first kappa shape index (κ1) is 12.2.